The minimum absolute atomic E-state index is 0.100. The number of nitrogens with zero attached hydrogens (tertiary/aromatic N) is 2. The minimum Gasteiger partial charge on any atom is -0.355 e. The van der Waals surface area contributed by atoms with Gasteiger partial charge >= 0.3 is 0 Å². The number of nitrogens with one attached hydrogen (secondary N) is 1. The van der Waals surface area contributed by atoms with Crippen molar-refractivity contribution in [3.05, 3.63) is 112 Å². The molecule has 1 N–H and O–H groups in total. The molecule has 31 heavy (non-hydrogen) atoms. The van der Waals surface area contributed by atoms with E-state index in [1.807, 2.05) is 79.0 Å². The van der Waals surface area contributed by atoms with Crippen LogP contribution in [0.15, 0.2) is 106 Å². The van der Waals surface area contributed by atoms with E-state index in [2.05, 4.69) is 33.0 Å². The number of benzene rings is 3. The summed E-state index contributed by atoms with van der Waals surface area (Å²) in [6.07, 6.45) is 1.87. The highest BCUT2D eigenvalue weighted by atomic mass is 79.9. The molecule has 6 heteroatoms. The summed E-state index contributed by atoms with van der Waals surface area (Å²) in [5.74, 6) is 0.711. The summed E-state index contributed by atoms with van der Waals surface area (Å²) >= 11 is 5.04. The fourth-order valence-corrected chi connectivity index (χ4v) is 4.73. The van der Waals surface area contributed by atoms with Gasteiger partial charge in [-0.25, -0.2) is 4.98 Å². The zero-order chi connectivity index (χ0) is 21.2. The van der Waals surface area contributed by atoms with Crippen LogP contribution in [0.3, 0.4) is 0 Å². The molecule has 0 radical (unpaired) electrons. The Bertz CT molecular complexity index is 1390. The van der Waals surface area contributed by atoms with Crippen LogP contribution in [0.4, 0.5) is 0 Å². The van der Waals surface area contributed by atoms with E-state index in [1.54, 1.807) is 16.3 Å². The molecule has 0 unspecified atom stereocenters. The Morgan fingerprint density at radius 3 is 2.29 bits per heavy atom. The molecule has 5 aromatic rings. The second-order valence-electron chi connectivity index (χ2n) is 7.08. The van der Waals surface area contributed by atoms with Crippen molar-refractivity contribution in [1.82, 2.24) is 14.5 Å². The number of para-hydroxylation sites is 1. The smallest absolute Gasteiger partial charge is 0.283 e. The van der Waals surface area contributed by atoms with E-state index in [1.165, 1.54) is 5.56 Å². The van der Waals surface area contributed by atoms with E-state index in [0.29, 0.717) is 21.9 Å². The van der Waals surface area contributed by atoms with E-state index in [9.17, 15) is 4.79 Å². The van der Waals surface area contributed by atoms with E-state index in [0.717, 1.165) is 21.3 Å². The van der Waals surface area contributed by atoms with Gasteiger partial charge in [0.05, 0.1) is 5.69 Å². The highest BCUT2D eigenvalue weighted by Crippen LogP contribution is 2.30. The molecule has 0 spiro atoms. The molecular weight excluding hydrogens is 470 g/mol. The molecule has 2 heterocycles. The van der Waals surface area contributed by atoms with Crippen LogP contribution in [-0.4, -0.2) is 14.5 Å². The maximum Gasteiger partial charge on any atom is 0.283 e. The fraction of sp³-hybridized carbons (Fsp3) is 0.0400. The van der Waals surface area contributed by atoms with Gasteiger partial charge in [-0.3, -0.25) is 9.36 Å². The van der Waals surface area contributed by atoms with Gasteiger partial charge in [-0.15, -0.1) is 0 Å². The first kappa shape index (κ1) is 19.8. The predicted octanol–water partition coefficient (Wildman–Crippen LogP) is 6.44. The Kier molecular flexibility index (Phi) is 5.49. The van der Waals surface area contributed by atoms with Crippen LogP contribution in [0.1, 0.15) is 5.56 Å². The number of fused-ring (bicyclic) bond motifs is 1. The summed E-state index contributed by atoms with van der Waals surface area (Å²) in [6.45, 7) is 0. The number of hydrogen-bond acceptors (Lipinski definition) is 3. The lowest BCUT2D eigenvalue weighted by atomic mass is 10.1. The third kappa shape index (κ3) is 3.96. The molecule has 3 aromatic carbocycles. The lowest BCUT2D eigenvalue weighted by Crippen LogP contribution is -2.21. The molecular formula is C25H18BrN3OS. The predicted molar refractivity (Wildman–Crippen MR) is 131 cm³/mol. The zero-order valence-electron chi connectivity index (χ0n) is 16.5. The Morgan fingerprint density at radius 2 is 1.58 bits per heavy atom. The molecule has 0 fully saturated rings. The SMILES string of the molecule is O=c1c2[nH]cc(-c3ccccc3)c2nc(SCc2ccc(Br)cc2)n1-c1ccccc1. The van der Waals surface area contributed by atoms with Crippen LogP contribution in [-0.2, 0) is 5.75 Å². The van der Waals surface area contributed by atoms with Gasteiger partial charge in [0.2, 0.25) is 0 Å². The first-order valence-electron chi connectivity index (χ1n) is 9.83. The van der Waals surface area contributed by atoms with Gasteiger partial charge < -0.3 is 4.98 Å². The number of hydrogen-bond donors (Lipinski definition) is 1. The Labute approximate surface area is 192 Å². The molecule has 152 valence electrons. The van der Waals surface area contributed by atoms with Gasteiger partial charge in [-0.05, 0) is 35.4 Å². The van der Waals surface area contributed by atoms with Gasteiger partial charge in [0.15, 0.2) is 5.16 Å². The zero-order valence-corrected chi connectivity index (χ0v) is 18.9. The van der Waals surface area contributed by atoms with Crippen molar-refractivity contribution >= 4 is 38.7 Å². The van der Waals surface area contributed by atoms with Crippen molar-refractivity contribution in [2.45, 2.75) is 10.9 Å². The van der Waals surface area contributed by atoms with Crippen LogP contribution in [0.25, 0.3) is 27.8 Å². The lowest BCUT2D eigenvalue weighted by molar-refractivity contribution is 0.818. The van der Waals surface area contributed by atoms with Gasteiger partial charge in [-0.2, -0.15) is 0 Å². The van der Waals surface area contributed by atoms with E-state index >= 15 is 0 Å². The molecule has 0 bridgehead atoms. The van der Waals surface area contributed by atoms with Crippen molar-refractivity contribution in [2.24, 2.45) is 0 Å². The number of aromatic amines is 1. The van der Waals surface area contributed by atoms with Gasteiger partial charge in [-0.1, -0.05) is 88.4 Å². The summed E-state index contributed by atoms with van der Waals surface area (Å²) in [4.78, 5) is 21.7. The molecule has 2 aromatic heterocycles. The van der Waals surface area contributed by atoms with Crippen molar-refractivity contribution in [1.29, 1.82) is 0 Å². The number of thioether (sulfide) groups is 1. The Morgan fingerprint density at radius 1 is 0.903 bits per heavy atom. The second-order valence-corrected chi connectivity index (χ2v) is 8.94. The third-order valence-electron chi connectivity index (χ3n) is 5.05. The molecule has 4 nitrogen and oxygen atoms in total. The molecule has 0 saturated heterocycles. The van der Waals surface area contributed by atoms with Gasteiger partial charge in [0.1, 0.15) is 11.0 Å². The summed E-state index contributed by atoms with van der Waals surface area (Å²) in [5.41, 5.74) is 5.03. The molecule has 0 aliphatic heterocycles. The summed E-state index contributed by atoms with van der Waals surface area (Å²) in [6, 6.07) is 27.9. The van der Waals surface area contributed by atoms with Crippen LogP contribution >= 0.6 is 27.7 Å². The summed E-state index contributed by atoms with van der Waals surface area (Å²) in [7, 11) is 0. The Hall–Kier alpha value is -3.09. The Balaban J connectivity index is 1.66. The number of halogens is 1. The monoisotopic (exact) mass is 487 g/mol. The number of rotatable bonds is 5. The molecule has 0 saturated carbocycles. The van der Waals surface area contributed by atoms with E-state index < -0.39 is 0 Å². The maximum absolute atomic E-state index is 13.5. The topological polar surface area (TPSA) is 50.7 Å². The van der Waals surface area contributed by atoms with Crippen LogP contribution in [0, 0.1) is 0 Å². The molecule has 0 aliphatic rings. The van der Waals surface area contributed by atoms with Gasteiger partial charge in [0.25, 0.3) is 5.56 Å². The maximum atomic E-state index is 13.5. The minimum atomic E-state index is -0.100. The highest BCUT2D eigenvalue weighted by Gasteiger charge is 2.18. The first-order valence-corrected chi connectivity index (χ1v) is 11.6. The fourth-order valence-electron chi connectivity index (χ4n) is 3.51. The molecule has 0 amide bonds. The van der Waals surface area contributed by atoms with Crippen LogP contribution in [0.5, 0.6) is 0 Å². The van der Waals surface area contributed by atoms with Crippen LogP contribution in [0.2, 0.25) is 0 Å². The van der Waals surface area contributed by atoms with Crippen LogP contribution < -0.4 is 5.56 Å². The number of H-pyrrole nitrogens is 1. The van der Waals surface area contributed by atoms with Crippen molar-refractivity contribution in [3.8, 4) is 16.8 Å². The van der Waals surface area contributed by atoms with Crippen molar-refractivity contribution in [2.75, 3.05) is 0 Å². The highest BCUT2D eigenvalue weighted by molar-refractivity contribution is 9.10. The van der Waals surface area contributed by atoms with E-state index in [4.69, 9.17) is 4.98 Å². The number of aromatic nitrogens is 3. The summed E-state index contributed by atoms with van der Waals surface area (Å²) < 4.78 is 2.73. The molecule has 5 rings (SSSR count). The molecule has 0 aliphatic carbocycles. The lowest BCUT2D eigenvalue weighted by Gasteiger charge is -2.12. The normalized spacial score (nSPS) is 11.1. The quantitative estimate of drug-likeness (QED) is 0.229. The van der Waals surface area contributed by atoms with Crippen molar-refractivity contribution < 1.29 is 0 Å². The third-order valence-corrected chi connectivity index (χ3v) is 6.59. The standard InChI is InChI=1S/C25H18BrN3OS/c26-19-13-11-17(12-14-19)16-31-25-28-22-21(18-7-3-1-4-8-18)15-27-23(22)24(30)29(25)20-9-5-2-6-10-20/h1-15,27H,16H2. The largest absolute Gasteiger partial charge is 0.355 e. The van der Waals surface area contributed by atoms with Gasteiger partial charge in [0, 0.05) is 22.0 Å². The molecule has 0 atom stereocenters. The second kappa shape index (κ2) is 8.57. The average molecular weight is 488 g/mol. The average Bonchev–Trinajstić information content (AvgIpc) is 3.24. The van der Waals surface area contributed by atoms with E-state index in [-0.39, 0.29) is 5.56 Å². The van der Waals surface area contributed by atoms with Crippen molar-refractivity contribution in [3.63, 3.8) is 0 Å². The first-order chi connectivity index (χ1) is 15.2. The summed E-state index contributed by atoms with van der Waals surface area (Å²) in [5, 5.41) is 0.670.